The topological polar surface area (TPSA) is 84.9 Å². The molecule has 0 unspecified atom stereocenters. The first-order valence-corrected chi connectivity index (χ1v) is 7.41. The van der Waals surface area contributed by atoms with E-state index in [2.05, 4.69) is 15.2 Å². The molecule has 3 rings (SSSR count). The molecular formula is C18H15N3O3. The maximum absolute atomic E-state index is 12.2. The number of ether oxygens (including phenoxy) is 1. The fourth-order valence-corrected chi connectivity index (χ4v) is 2.17. The van der Waals surface area contributed by atoms with Crippen LogP contribution in [0.1, 0.15) is 33.0 Å². The van der Waals surface area contributed by atoms with Crippen LogP contribution in [-0.2, 0) is 6.61 Å². The highest BCUT2D eigenvalue weighted by Gasteiger charge is 2.16. The number of aromatic amines is 1. The van der Waals surface area contributed by atoms with Crippen LogP contribution >= 0.6 is 0 Å². The van der Waals surface area contributed by atoms with E-state index in [1.165, 1.54) is 6.33 Å². The fourth-order valence-electron chi connectivity index (χ4n) is 2.17. The average Bonchev–Trinajstić information content (AvgIpc) is 3.16. The zero-order chi connectivity index (χ0) is 16.8. The van der Waals surface area contributed by atoms with Crippen molar-refractivity contribution in [2.24, 2.45) is 0 Å². The average molecular weight is 321 g/mol. The molecule has 2 aromatic carbocycles. The summed E-state index contributed by atoms with van der Waals surface area (Å²) in [6, 6.07) is 16.5. The number of aromatic nitrogens is 3. The highest BCUT2D eigenvalue weighted by Crippen LogP contribution is 2.17. The molecule has 24 heavy (non-hydrogen) atoms. The van der Waals surface area contributed by atoms with Crippen molar-refractivity contribution in [3.05, 3.63) is 77.9 Å². The van der Waals surface area contributed by atoms with E-state index in [4.69, 9.17) is 4.74 Å². The number of rotatable bonds is 7. The van der Waals surface area contributed by atoms with Crippen molar-refractivity contribution >= 4 is 11.6 Å². The predicted molar refractivity (Wildman–Crippen MR) is 86.9 cm³/mol. The molecule has 1 heterocycles. The minimum atomic E-state index is -0.395. The third-order valence-corrected chi connectivity index (χ3v) is 3.40. The number of Topliss-reactive ketones (excluding diaryl/α,β-unsaturated/α-hetero) is 2. The fraction of sp³-hybridized carbons (Fsp3) is 0.111. The molecule has 0 saturated carbocycles. The lowest BCUT2D eigenvalue weighted by Crippen LogP contribution is -2.10. The Balaban J connectivity index is 1.64. The number of carbonyl (C=O) groups is 2. The largest absolute Gasteiger partial charge is 0.489 e. The molecule has 6 nitrogen and oxygen atoms in total. The Morgan fingerprint density at radius 1 is 1.00 bits per heavy atom. The van der Waals surface area contributed by atoms with Gasteiger partial charge in [0.05, 0.1) is 6.42 Å². The molecule has 0 atom stereocenters. The second-order valence-electron chi connectivity index (χ2n) is 5.16. The number of nitrogens with one attached hydrogen (secondary N) is 1. The van der Waals surface area contributed by atoms with Crippen LogP contribution < -0.4 is 4.74 Å². The molecule has 0 aliphatic carbocycles. The van der Waals surface area contributed by atoms with Crippen LogP contribution in [0.25, 0.3) is 0 Å². The summed E-state index contributed by atoms with van der Waals surface area (Å²) >= 11 is 0. The number of ketones is 2. The molecule has 0 saturated heterocycles. The van der Waals surface area contributed by atoms with E-state index >= 15 is 0 Å². The molecule has 0 spiro atoms. The third-order valence-electron chi connectivity index (χ3n) is 3.40. The van der Waals surface area contributed by atoms with Crippen LogP contribution in [0, 0.1) is 0 Å². The molecule has 3 aromatic rings. The van der Waals surface area contributed by atoms with Crippen molar-refractivity contribution in [1.82, 2.24) is 15.2 Å². The Kier molecular flexibility index (Phi) is 4.76. The van der Waals surface area contributed by atoms with Gasteiger partial charge >= 0.3 is 0 Å². The highest BCUT2D eigenvalue weighted by molar-refractivity contribution is 6.12. The molecule has 0 aliphatic heterocycles. The molecule has 0 bridgehead atoms. The number of hydrogen-bond acceptors (Lipinski definition) is 5. The summed E-state index contributed by atoms with van der Waals surface area (Å²) in [5, 5.41) is 6.06. The van der Waals surface area contributed by atoms with E-state index in [0.29, 0.717) is 17.9 Å². The Morgan fingerprint density at radius 3 is 2.58 bits per heavy atom. The number of benzene rings is 2. The molecule has 0 aliphatic rings. The molecule has 1 aromatic heterocycles. The molecule has 0 fully saturated rings. The smallest absolute Gasteiger partial charge is 0.207 e. The van der Waals surface area contributed by atoms with Crippen molar-refractivity contribution < 1.29 is 14.3 Å². The van der Waals surface area contributed by atoms with Crippen molar-refractivity contribution in [3.8, 4) is 5.75 Å². The van der Waals surface area contributed by atoms with Crippen molar-refractivity contribution in [2.75, 3.05) is 0 Å². The lowest BCUT2D eigenvalue weighted by molar-refractivity contribution is 0.0888. The van der Waals surface area contributed by atoms with Gasteiger partial charge in [-0.25, -0.2) is 4.98 Å². The van der Waals surface area contributed by atoms with Gasteiger partial charge in [-0.15, -0.1) is 0 Å². The van der Waals surface area contributed by atoms with E-state index in [9.17, 15) is 9.59 Å². The lowest BCUT2D eigenvalue weighted by Gasteiger charge is -2.07. The van der Waals surface area contributed by atoms with Crippen LogP contribution in [0.2, 0.25) is 0 Å². The summed E-state index contributed by atoms with van der Waals surface area (Å²) in [6.45, 7) is 0.412. The molecule has 0 amide bonds. The van der Waals surface area contributed by atoms with Gasteiger partial charge in [0.2, 0.25) is 5.78 Å². The van der Waals surface area contributed by atoms with Crippen molar-refractivity contribution in [2.45, 2.75) is 13.0 Å². The maximum Gasteiger partial charge on any atom is 0.207 e. The molecule has 0 radical (unpaired) electrons. The number of H-pyrrole nitrogens is 1. The van der Waals surface area contributed by atoms with Gasteiger partial charge in [0, 0.05) is 5.56 Å². The first kappa shape index (κ1) is 15.6. The van der Waals surface area contributed by atoms with E-state index in [0.717, 1.165) is 5.56 Å². The maximum atomic E-state index is 12.2. The Bertz CT molecular complexity index is 830. The zero-order valence-corrected chi connectivity index (χ0v) is 12.8. The van der Waals surface area contributed by atoms with Gasteiger partial charge in [0.15, 0.2) is 11.6 Å². The molecule has 120 valence electrons. The standard InChI is InChI=1S/C18H15N3O3/c22-16(10-17(23)18-19-12-20-21-18)14-7-4-8-15(9-14)24-11-13-5-2-1-3-6-13/h1-9,12H,10-11H2,(H,19,20,21). The zero-order valence-electron chi connectivity index (χ0n) is 12.8. The van der Waals surface area contributed by atoms with Crippen molar-refractivity contribution in [1.29, 1.82) is 0 Å². The van der Waals surface area contributed by atoms with E-state index in [1.54, 1.807) is 24.3 Å². The first-order valence-electron chi connectivity index (χ1n) is 7.41. The van der Waals surface area contributed by atoms with Gasteiger partial charge in [-0.05, 0) is 17.7 Å². The molecular weight excluding hydrogens is 306 g/mol. The first-order chi connectivity index (χ1) is 11.7. The highest BCUT2D eigenvalue weighted by atomic mass is 16.5. The van der Waals surface area contributed by atoms with E-state index in [1.807, 2.05) is 30.3 Å². The van der Waals surface area contributed by atoms with Crippen LogP contribution in [0.4, 0.5) is 0 Å². The number of hydrogen-bond donors (Lipinski definition) is 1. The predicted octanol–water partition coefficient (Wildman–Crippen LogP) is 2.84. The van der Waals surface area contributed by atoms with Crippen LogP contribution in [-0.4, -0.2) is 26.7 Å². The van der Waals surface area contributed by atoms with Crippen LogP contribution in [0.5, 0.6) is 5.75 Å². The van der Waals surface area contributed by atoms with E-state index < -0.39 is 5.78 Å². The van der Waals surface area contributed by atoms with Gasteiger partial charge in [-0.2, -0.15) is 5.10 Å². The SMILES string of the molecule is O=C(CC(=O)c1ncn[nH]1)c1cccc(OCc2ccccc2)c1. The minimum Gasteiger partial charge on any atom is -0.489 e. The summed E-state index contributed by atoms with van der Waals surface area (Å²) in [5.41, 5.74) is 1.46. The Hall–Kier alpha value is -3.28. The lowest BCUT2D eigenvalue weighted by atomic mass is 10.1. The quantitative estimate of drug-likeness (QED) is 0.534. The summed E-state index contributed by atoms with van der Waals surface area (Å²) in [6.07, 6.45) is 0.965. The Labute approximate surface area is 138 Å². The summed E-state index contributed by atoms with van der Waals surface area (Å²) < 4.78 is 5.69. The van der Waals surface area contributed by atoms with Gasteiger partial charge < -0.3 is 4.74 Å². The third kappa shape index (κ3) is 3.92. The Morgan fingerprint density at radius 2 is 1.83 bits per heavy atom. The van der Waals surface area contributed by atoms with Crippen molar-refractivity contribution in [3.63, 3.8) is 0 Å². The minimum absolute atomic E-state index is 0.0832. The molecule has 6 heteroatoms. The summed E-state index contributed by atoms with van der Waals surface area (Å²) in [7, 11) is 0. The number of carbonyl (C=O) groups excluding carboxylic acids is 2. The van der Waals surface area contributed by atoms with Crippen LogP contribution in [0.3, 0.4) is 0 Å². The van der Waals surface area contributed by atoms with Gasteiger partial charge in [0.25, 0.3) is 0 Å². The van der Waals surface area contributed by atoms with Crippen LogP contribution in [0.15, 0.2) is 60.9 Å². The second-order valence-corrected chi connectivity index (χ2v) is 5.16. The second kappa shape index (κ2) is 7.32. The van der Waals surface area contributed by atoms with Gasteiger partial charge in [-0.3, -0.25) is 14.7 Å². The van der Waals surface area contributed by atoms with Gasteiger partial charge in [-0.1, -0.05) is 42.5 Å². The summed E-state index contributed by atoms with van der Waals surface area (Å²) in [4.78, 5) is 27.9. The monoisotopic (exact) mass is 321 g/mol. The molecule has 1 N–H and O–H groups in total. The van der Waals surface area contributed by atoms with E-state index in [-0.39, 0.29) is 18.0 Å². The normalized spacial score (nSPS) is 10.3. The van der Waals surface area contributed by atoms with Gasteiger partial charge in [0.1, 0.15) is 18.7 Å². The number of nitrogens with zero attached hydrogens (tertiary/aromatic N) is 2. The summed E-state index contributed by atoms with van der Waals surface area (Å²) in [5.74, 6) is -0.0219.